The summed E-state index contributed by atoms with van der Waals surface area (Å²) in [6, 6.07) is -0.832. The summed E-state index contributed by atoms with van der Waals surface area (Å²) in [4.78, 5) is 113. The smallest absolute Gasteiger partial charge is 0.303 e. The third-order valence-corrected chi connectivity index (χ3v) is 13.1. The number of ketones is 1. The second-order valence-corrected chi connectivity index (χ2v) is 19.1. The van der Waals surface area contributed by atoms with Gasteiger partial charge in [0.15, 0.2) is 24.3 Å². The number of hydrogen-bond acceptors (Lipinski definition) is 24. The molecule has 0 aromatic rings. The van der Waals surface area contributed by atoms with Crippen LogP contribution in [0.1, 0.15) is 81.6 Å². The zero-order chi connectivity index (χ0) is 55.4. The zero-order valence-electron chi connectivity index (χ0n) is 42.7. The van der Waals surface area contributed by atoms with E-state index < -0.39 is 171 Å². The average molecular weight is 1080 g/mol. The Hall–Kier alpha value is -5.23. The molecule has 0 bridgehead atoms. The van der Waals surface area contributed by atoms with Crippen molar-refractivity contribution in [2.75, 3.05) is 44.5 Å². The Morgan fingerprint density at radius 2 is 1.24 bits per heavy atom. The maximum atomic E-state index is 13.2. The summed E-state index contributed by atoms with van der Waals surface area (Å²) in [5, 5.41) is 45.3. The number of unbranched alkanes of at least 4 members (excludes halogenated alkanes) is 1. The van der Waals surface area contributed by atoms with Crippen molar-refractivity contribution in [1.29, 1.82) is 0 Å². The van der Waals surface area contributed by atoms with E-state index >= 15 is 0 Å². The van der Waals surface area contributed by atoms with Crippen LogP contribution in [0.25, 0.3) is 10.4 Å². The predicted octanol–water partition coefficient (Wildman–Crippen LogP) is -1.00. The number of thioether (sulfide) groups is 1. The lowest BCUT2D eigenvalue weighted by molar-refractivity contribution is -0.341. The van der Waals surface area contributed by atoms with Gasteiger partial charge in [0, 0.05) is 69.6 Å². The minimum atomic E-state index is -1.79. The first-order chi connectivity index (χ1) is 34.8. The van der Waals surface area contributed by atoms with Crippen LogP contribution in [0, 0.1) is 17.8 Å². The highest BCUT2D eigenvalue weighted by Crippen LogP contribution is 2.34. The maximum Gasteiger partial charge on any atom is 0.303 e. The van der Waals surface area contributed by atoms with E-state index in [1.165, 1.54) is 20.8 Å². The highest BCUT2D eigenvalue weighted by molar-refractivity contribution is 7.99. The first-order valence-corrected chi connectivity index (χ1v) is 25.0. The molecule has 28 nitrogen and oxygen atoms in total. The second-order valence-electron chi connectivity index (χ2n) is 18.0. The Kier molecular flexibility index (Phi) is 26.4. The van der Waals surface area contributed by atoms with E-state index in [1.54, 1.807) is 13.8 Å². The van der Waals surface area contributed by atoms with Gasteiger partial charge in [-0.25, -0.2) is 0 Å². The number of amides is 3. The summed E-state index contributed by atoms with van der Waals surface area (Å²) >= 11 is 1.10. The highest BCUT2D eigenvalue weighted by Gasteiger charge is 2.54. The van der Waals surface area contributed by atoms with Gasteiger partial charge >= 0.3 is 29.8 Å². The molecule has 0 spiro atoms. The fraction of sp³-hybridized carbons (Fsp3) is 0.800. The Morgan fingerprint density at radius 3 is 1.80 bits per heavy atom. The predicted molar refractivity (Wildman–Crippen MR) is 251 cm³/mol. The summed E-state index contributed by atoms with van der Waals surface area (Å²) in [6.07, 6.45) is -16.7. The number of esters is 5. The minimum Gasteiger partial charge on any atom is -0.463 e. The molecular formula is C45H70N6O22S. The Labute approximate surface area is 431 Å². The third-order valence-electron chi connectivity index (χ3n) is 11.9. The molecule has 6 N–H and O–H groups in total. The van der Waals surface area contributed by atoms with E-state index in [1.807, 2.05) is 0 Å². The number of azide groups is 1. The number of Topliss-reactive ketones (excluding diaryl/α,β-unsaturated/α-hetero) is 1. The van der Waals surface area contributed by atoms with E-state index in [0.29, 0.717) is 12.8 Å². The largest absolute Gasteiger partial charge is 0.463 e. The summed E-state index contributed by atoms with van der Waals surface area (Å²) in [7, 11) is 0. The van der Waals surface area contributed by atoms with Crippen molar-refractivity contribution in [2.45, 2.75) is 167 Å². The van der Waals surface area contributed by atoms with Crippen molar-refractivity contribution in [3.05, 3.63) is 10.4 Å². The van der Waals surface area contributed by atoms with Gasteiger partial charge in [-0.1, -0.05) is 25.9 Å². The van der Waals surface area contributed by atoms with Crippen LogP contribution in [0.3, 0.4) is 0 Å². The quantitative estimate of drug-likeness (QED) is 0.0143. The number of carbonyl (C=O) groups is 9. The SMILES string of the molecule is CC(=O)OCC1O[C@@H](N=[N+]=[N-])[C@@H](C)C(O)[C@@H]1OCC(=O)NCCCC[C@H](NC(=O)[C@@H](C)CSCC(=O)N[C@@H]1OC(COC(C)=O)[C@@H](O[C@@H]2OC(COC(C)=O)[C@H](OC(C)=O)C(O)[C@@H]2OC(C)=O)C(O)[C@@H]1C)C(C)=O. The number of hydrogen-bond donors (Lipinski definition) is 6. The van der Waals surface area contributed by atoms with Crippen molar-refractivity contribution in [2.24, 2.45) is 22.9 Å². The van der Waals surface area contributed by atoms with E-state index in [9.17, 15) is 58.5 Å². The molecule has 3 aliphatic rings. The van der Waals surface area contributed by atoms with Crippen LogP contribution in [0.15, 0.2) is 5.11 Å². The Balaban J connectivity index is 1.51. The standard InChI is InChI=1S/C45H70N6O22S/c1-20(42(63)48-29(23(4)52)12-10-11-13-47-33(58)17-67-38-30(14-64-24(5)53)71-44(50-51-46)22(3)35(38)60)18-74-19-34(59)49-43-21(2)36(61)39(31(70-43)15-65-25(6)54)73-45-41(69-28(9)57)37(62)40(68-27(8)56)32(72-45)16-66-26(7)55/h20-22,29-32,35-41,43-45,60-62H,10-19H2,1-9H3,(H,47,58)(H,48,63)(H,49,59)/t20-,21-,22-,29-,30?,31?,32?,35?,36?,37?,38+,39+,40-,41-,43+,44+,45-/m0/s1. The van der Waals surface area contributed by atoms with Gasteiger partial charge in [0.2, 0.25) is 17.7 Å². The molecule has 6 unspecified atom stereocenters. The van der Waals surface area contributed by atoms with Crippen LogP contribution >= 0.6 is 11.8 Å². The molecule has 3 rings (SSSR count). The molecule has 17 atom stereocenters. The van der Waals surface area contributed by atoms with Crippen LogP contribution in [0.5, 0.6) is 0 Å². The number of aliphatic hydroxyl groups excluding tert-OH is 3. The number of carbonyl (C=O) groups excluding carboxylic acids is 9. The summed E-state index contributed by atoms with van der Waals surface area (Å²) in [5.41, 5.74) is 8.85. The highest BCUT2D eigenvalue weighted by atomic mass is 32.2. The molecule has 3 fully saturated rings. The summed E-state index contributed by atoms with van der Waals surface area (Å²) < 4.78 is 55.2. The molecule has 29 heteroatoms. The van der Waals surface area contributed by atoms with Crippen LogP contribution < -0.4 is 16.0 Å². The number of nitrogens with one attached hydrogen (secondary N) is 3. The third kappa shape index (κ3) is 20.1. The number of rotatable bonds is 27. The molecule has 3 heterocycles. The molecule has 74 heavy (non-hydrogen) atoms. The van der Waals surface area contributed by atoms with Crippen LogP contribution in [0.2, 0.25) is 0 Å². The van der Waals surface area contributed by atoms with Crippen molar-refractivity contribution in [3.8, 4) is 0 Å². The Bertz CT molecular complexity index is 2000. The molecule has 3 aliphatic heterocycles. The average Bonchev–Trinajstić information content (AvgIpc) is 3.31. The molecule has 0 aromatic heterocycles. The fourth-order valence-corrected chi connectivity index (χ4v) is 8.80. The van der Waals surface area contributed by atoms with E-state index in [-0.39, 0.29) is 36.9 Å². The molecule has 418 valence electrons. The molecule has 0 saturated carbocycles. The lowest BCUT2D eigenvalue weighted by Gasteiger charge is -2.47. The second kappa shape index (κ2) is 31.0. The monoisotopic (exact) mass is 1080 g/mol. The van der Waals surface area contributed by atoms with Gasteiger partial charge in [0.25, 0.3) is 0 Å². The normalized spacial score (nSPS) is 30.4. The number of aliphatic hydroxyl groups is 3. The molecule has 0 aromatic carbocycles. The van der Waals surface area contributed by atoms with Gasteiger partial charge in [-0.3, -0.25) is 43.2 Å². The first kappa shape index (κ1) is 63.1. The van der Waals surface area contributed by atoms with Crippen LogP contribution in [-0.4, -0.2) is 199 Å². The van der Waals surface area contributed by atoms with Gasteiger partial charge in [0.05, 0.1) is 24.0 Å². The molecular weight excluding hydrogens is 1010 g/mol. The zero-order valence-corrected chi connectivity index (χ0v) is 43.6. The maximum absolute atomic E-state index is 13.2. The summed E-state index contributed by atoms with van der Waals surface area (Å²) in [6.45, 7) is 9.88. The molecule has 3 saturated heterocycles. The van der Waals surface area contributed by atoms with Crippen molar-refractivity contribution in [3.63, 3.8) is 0 Å². The van der Waals surface area contributed by atoms with Crippen molar-refractivity contribution in [1.82, 2.24) is 16.0 Å². The van der Waals surface area contributed by atoms with Gasteiger partial charge in [-0.05, 0) is 31.7 Å². The molecule has 0 aliphatic carbocycles. The topological polar surface area (TPSA) is 391 Å². The van der Waals surface area contributed by atoms with Gasteiger partial charge < -0.3 is 78.6 Å². The lowest BCUT2D eigenvalue weighted by atomic mass is 9.90. The minimum absolute atomic E-state index is 0.155. The van der Waals surface area contributed by atoms with Crippen LogP contribution in [-0.2, 0) is 90.5 Å². The summed E-state index contributed by atoms with van der Waals surface area (Å²) in [5.74, 6) is -7.94. The number of nitrogens with zero attached hydrogens (tertiary/aromatic N) is 3. The fourth-order valence-electron chi connectivity index (χ4n) is 7.91. The van der Waals surface area contributed by atoms with Gasteiger partial charge in [0.1, 0.15) is 75.5 Å². The van der Waals surface area contributed by atoms with Gasteiger partial charge in [-0.15, -0.1) is 0 Å². The lowest BCUT2D eigenvalue weighted by Crippen LogP contribution is -2.65. The number of ether oxygens (including phenoxy) is 10. The van der Waals surface area contributed by atoms with E-state index in [2.05, 4.69) is 26.0 Å². The molecule has 0 radical (unpaired) electrons. The van der Waals surface area contributed by atoms with Gasteiger partial charge in [-0.2, -0.15) is 11.8 Å². The Morgan fingerprint density at radius 1 is 0.689 bits per heavy atom. The van der Waals surface area contributed by atoms with Crippen molar-refractivity contribution >= 4 is 65.1 Å². The molecule has 3 amide bonds. The van der Waals surface area contributed by atoms with Crippen LogP contribution in [0.4, 0.5) is 0 Å². The van der Waals surface area contributed by atoms with E-state index in [4.69, 9.17) is 52.9 Å². The van der Waals surface area contributed by atoms with Crippen molar-refractivity contribution < 1.29 is 106 Å². The van der Waals surface area contributed by atoms with E-state index in [0.717, 1.165) is 39.5 Å². The first-order valence-electron chi connectivity index (χ1n) is 23.9.